The maximum absolute atomic E-state index is 12.7. The van der Waals surface area contributed by atoms with Crippen LogP contribution in [0.5, 0.6) is 11.5 Å². The van der Waals surface area contributed by atoms with Crippen molar-refractivity contribution in [3.05, 3.63) is 64.2 Å². The maximum Gasteiger partial charge on any atom is 0.302 e. The van der Waals surface area contributed by atoms with Crippen LogP contribution in [0.1, 0.15) is 92.8 Å². The lowest BCUT2D eigenvalue weighted by molar-refractivity contribution is -0.141. The summed E-state index contributed by atoms with van der Waals surface area (Å²) >= 11 is 0. The molecule has 3 aliphatic carbocycles. The van der Waals surface area contributed by atoms with E-state index in [1.165, 1.54) is 12.5 Å². The normalized spacial score (nSPS) is 21.6. The fourth-order valence-corrected chi connectivity index (χ4v) is 7.14. The lowest BCUT2D eigenvalue weighted by Crippen LogP contribution is -2.30. The average molecular weight is 605 g/mol. The number of carbonyl (C=O) groups excluding carboxylic acids is 4. The second-order valence-corrected chi connectivity index (χ2v) is 12.2. The first kappa shape index (κ1) is 33.1. The Bertz CT molecular complexity index is 1470. The topological polar surface area (TPSA) is 116 Å². The highest BCUT2D eigenvalue weighted by molar-refractivity contribution is 6.06. The number of hydrogen-bond acceptors (Lipinski definition) is 8. The quantitative estimate of drug-likeness (QED) is 0.316. The van der Waals surface area contributed by atoms with Gasteiger partial charge in [-0.15, -0.1) is 0 Å². The third-order valence-corrected chi connectivity index (χ3v) is 9.59. The number of ketones is 3. The van der Waals surface area contributed by atoms with Crippen molar-refractivity contribution >= 4 is 28.9 Å². The minimum absolute atomic E-state index is 0.0445. The van der Waals surface area contributed by atoms with Gasteiger partial charge in [0.15, 0.2) is 11.6 Å². The number of aliphatic hydroxyl groups is 1. The van der Waals surface area contributed by atoms with Crippen molar-refractivity contribution in [2.45, 2.75) is 78.6 Å². The molecular weight excluding hydrogens is 560 g/mol. The van der Waals surface area contributed by atoms with Crippen molar-refractivity contribution in [1.82, 2.24) is 0 Å². The molecule has 3 aliphatic rings. The summed E-state index contributed by atoms with van der Waals surface area (Å²) in [6.45, 7) is 5.54. The monoisotopic (exact) mass is 604 g/mol. The number of hydrogen-bond donors (Lipinski definition) is 1. The molecule has 2 aromatic carbocycles. The summed E-state index contributed by atoms with van der Waals surface area (Å²) < 4.78 is 15.7. The smallest absolute Gasteiger partial charge is 0.302 e. The number of aliphatic hydroxyl groups excluding tert-OH is 1. The Kier molecular flexibility index (Phi) is 10.5. The molecule has 0 aromatic heterocycles. The van der Waals surface area contributed by atoms with Crippen LogP contribution in [0.3, 0.4) is 0 Å². The minimum Gasteiger partial charge on any atom is -0.497 e. The number of esters is 1. The summed E-state index contributed by atoms with van der Waals surface area (Å²) in [4.78, 5) is 47.7. The Hall–Kier alpha value is -3.78. The molecule has 0 spiro atoms. The summed E-state index contributed by atoms with van der Waals surface area (Å²) in [5.74, 6) is 1.75. The highest BCUT2D eigenvalue weighted by Gasteiger charge is 2.46. The van der Waals surface area contributed by atoms with E-state index in [9.17, 15) is 24.3 Å². The molecule has 0 aliphatic heterocycles. The molecular formula is C36H44O8. The van der Waals surface area contributed by atoms with Crippen LogP contribution in [0.25, 0.3) is 5.57 Å². The van der Waals surface area contributed by atoms with E-state index < -0.39 is 5.41 Å². The highest BCUT2D eigenvalue weighted by atomic mass is 16.5. The molecule has 1 N–H and O–H groups in total. The zero-order valence-corrected chi connectivity index (χ0v) is 26.5. The Balaban J connectivity index is 0.000000202. The SMILES string of the molecule is CCC(=O)CCC1(CCO)Cc2cc(OC)ccc2C1=O.COc1ccc2c(c1)CC1(CCOC(C)=O)CCC(=O)C(C)=C21. The van der Waals surface area contributed by atoms with Gasteiger partial charge in [-0.2, -0.15) is 0 Å². The Morgan fingerprint density at radius 2 is 1.55 bits per heavy atom. The molecule has 2 unspecified atom stereocenters. The molecule has 8 heteroatoms. The van der Waals surface area contributed by atoms with Crippen molar-refractivity contribution in [2.75, 3.05) is 27.4 Å². The average Bonchev–Trinajstić information content (AvgIpc) is 3.49. The van der Waals surface area contributed by atoms with Gasteiger partial charge in [0.1, 0.15) is 17.3 Å². The number of benzene rings is 2. The largest absolute Gasteiger partial charge is 0.497 e. The molecule has 0 amide bonds. The van der Waals surface area contributed by atoms with Gasteiger partial charge in [0.25, 0.3) is 0 Å². The van der Waals surface area contributed by atoms with E-state index in [2.05, 4.69) is 12.1 Å². The van der Waals surface area contributed by atoms with Crippen LogP contribution in [0, 0.1) is 10.8 Å². The van der Waals surface area contributed by atoms with Crippen LogP contribution in [-0.2, 0) is 32.0 Å². The Morgan fingerprint density at radius 1 is 0.909 bits per heavy atom. The molecule has 0 saturated carbocycles. The summed E-state index contributed by atoms with van der Waals surface area (Å²) in [6.07, 6.45) is 5.39. The number of fused-ring (bicyclic) bond motifs is 4. The first-order chi connectivity index (χ1) is 21.0. The fourth-order valence-electron chi connectivity index (χ4n) is 7.14. The number of Topliss-reactive ketones (excluding diaryl/α,β-unsaturated/α-hetero) is 3. The predicted octanol–water partition coefficient (Wildman–Crippen LogP) is 5.89. The van der Waals surface area contributed by atoms with Gasteiger partial charge in [0.05, 0.1) is 20.8 Å². The molecule has 2 atom stereocenters. The van der Waals surface area contributed by atoms with Crippen LogP contribution in [0.4, 0.5) is 0 Å². The van der Waals surface area contributed by atoms with Crippen molar-refractivity contribution in [3.8, 4) is 11.5 Å². The number of ether oxygens (including phenoxy) is 3. The summed E-state index contributed by atoms with van der Waals surface area (Å²) in [5.41, 5.74) is 5.32. The molecule has 236 valence electrons. The van der Waals surface area contributed by atoms with E-state index in [1.807, 2.05) is 26.0 Å². The van der Waals surface area contributed by atoms with E-state index in [0.29, 0.717) is 50.7 Å². The molecule has 5 rings (SSSR count). The maximum atomic E-state index is 12.7. The number of carbonyl (C=O) groups is 4. The number of methoxy groups -OCH3 is 2. The molecule has 44 heavy (non-hydrogen) atoms. The lowest BCUT2D eigenvalue weighted by atomic mass is 9.68. The molecule has 0 radical (unpaired) electrons. The second-order valence-electron chi connectivity index (χ2n) is 12.2. The van der Waals surface area contributed by atoms with Crippen LogP contribution in [0.15, 0.2) is 42.0 Å². The van der Waals surface area contributed by atoms with Gasteiger partial charge >= 0.3 is 5.97 Å². The van der Waals surface area contributed by atoms with E-state index in [1.54, 1.807) is 26.4 Å². The molecule has 0 heterocycles. The van der Waals surface area contributed by atoms with Gasteiger partial charge in [0.2, 0.25) is 0 Å². The van der Waals surface area contributed by atoms with Crippen molar-refractivity contribution < 1.29 is 38.5 Å². The first-order valence-corrected chi connectivity index (χ1v) is 15.4. The number of rotatable bonds is 11. The van der Waals surface area contributed by atoms with Crippen LogP contribution < -0.4 is 9.47 Å². The third-order valence-electron chi connectivity index (χ3n) is 9.59. The zero-order chi connectivity index (χ0) is 32.1. The molecule has 0 saturated heterocycles. The van der Waals surface area contributed by atoms with E-state index in [-0.39, 0.29) is 35.3 Å². The number of allylic oxidation sites excluding steroid dienone is 2. The van der Waals surface area contributed by atoms with Gasteiger partial charge in [-0.1, -0.05) is 13.0 Å². The zero-order valence-electron chi connectivity index (χ0n) is 26.5. The third kappa shape index (κ3) is 6.65. The molecule has 2 aromatic rings. The van der Waals surface area contributed by atoms with Gasteiger partial charge in [-0.05, 0) is 104 Å². The van der Waals surface area contributed by atoms with Crippen LogP contribution in [0.2, 0.25) is 0 Å². The highest BCUT2D eigenvalue weighted by Crippen LogP contribution is 2.56. The first-order valence-electron chi connectivity index (χ1n) is 15.4. The van der Waals surface area contributed by atoms with Gasteiger partial charge in [-0.25, -0.2) is 0 Å². The van der Waals surface area contributed by atoms with Gasteiger partial charge < -0.3 is 19.3 Å². The minimum atomic E-state index is -0.631. The molecule has 8 nitrogen and oxygen atoms in total. The standard InChI is InChI=1S/C19H22O4.C17H22O4/c1-12-17(21)6-7-19(8-9-23-13(2)20)11-14-10-15(22-3)4-5-16(14)18(12)19;1-3-13(19)6-7-17(8-9-18)11-12-10-14(21-2)4-5-15(12)16(17)20/h4-5,10H,6-9,11H2,1-3H3;4-5,10,18H,3,6-9,11H2,1-2H3. The Labute approximate surface area is 259 Å². The Morgan fingerprint density at radius 3 is 2.14 bits per heavy atom. The van der Waals surface area contributed by atoms with Crippen molar-refractivity contribution in [2.24, 2.45) is 10.8 Å². The second kappa shape index (κ2) is 13.9. The molecule has 0 fully saturated rings. The van der Waals surface area contributed by atoms with Crippen molar-refractivity contribution in [3.63, 3.8) is 0 Å². The van der Waals surface area contributed by atoms with E-state index in [0.717, 1.165) is 53.0 Å². The molecule has 0 bridgehead atoms. The fraction of sp³-hybridized carbons (Fsp3) is 0.500. The predicted molar refractivity (Wildman–Crippen MR) is 167 cm³/mol. The van der Waals surface area contributed by atoms with Gasteiger partial charge in [-0.3, -0.25) is 19.2 Å². The summed E-state index contributed by atoms with van der Waals surface area (Å²) in [7, 11) is 3.26. The van der Waals surface area contributed by atoms with E-state index >= 15 is 0 Å². The van der Waals surface area contributed by atoms with Crippen molar-refractivity contribution in [1.29, 1.82) is 0 Å². The van der Waals surface area contributed by atoms with Gasteiger partial charge in [0, 0.05) is 49.2 Å². The lowest BCUT2D eigenvalue weighted by Gasteiger charge is -2.35. The van der Waals surface area contributed by atoms with E-state index in [4.69, 9.17) is 14.2 Å². The summed E-state index contributed by atoms with van der Waals surface area (Å²) in [6, 6.07) is 11.5. The summed E-state index contributed by atoms with van der Waals surface area (Å²) in [5, 5.41) is 9.35. The van der Waals surface area contributed by atoms with Crippen LogP contribution >= 0.6 is 0 Å². The van der Waals surface area contributed by atoms with Crippen LogP contribution in [-0.4, -0.2) is 55.9 Å².